The van der Waals surface area contributed by atoms with E-state index in [0.29, 0.717) is 17.1 Å². The summed E-state index contributed by atoms with van der Waals surface area (Å²) in [6, 6.07) is 0. The van der Waals surface area contributed by atoms with Gasteiger partial charge in [-0.1, -0.05) is 0 Å². The highest BCUT2D eigenvalue weighted by molar-refractivity contribution is 8.00. The van der Waals surface area contributed by atoms with Gasteiger partial charge >= 0.3 is 0 Å². The molecule has 0 spiro atoms. The number of carbonyl (C=O) groups is 1. The van der Waals surface area contributed by atoms with E-state index in [1.807, 2.05) is 11.8 Å². The van der Waals surface area contributed by atoms with Crippen molar-refractivity contribution in [1.29, 1.82) is 0 Å². The smallest absolute Gasteiger partial charge is 0.145 e. The first-order valence-electron chi connectivity index (χ1n) is 6.12. The number of carbonyl (C=O) groups excluding carboxylic acids is 1. The van der Waals surface area contributed by atoms with E-state index in [2.05, 4.69) is 0 Å². The van der Waals surface area contributed by atoms with Crippen LogP contribution in [0.2, 0.25) is 0 Å². The van der Waals surface area contributed by atoms with E-state index in [1.165, 1.54) is 25.0 Å². The Balaban J connectivity index is 1.65. The van der Waals surface area contributed by atoms with E-state index < -0.39 is 0 Å². The van der Waals surface area contributed by atoms with Crippen molar-refractivity contribution in [3.8, 4) is 0 Å². The Bertz CT molecular complexity index is 206. The first-order chi connectivity index (χ1) is 7.36. The molecule has 0 aromatic carbocycles. The molecule has 2 nitrogen and oxygen atoms in total. The van der Waals surface area contributed by atoms with E-state index in [9.17, 15) is 4.79 Å². The van der Waals surface area contributed by atoms with Gasteiger partial charge in [-0.25, -0.2) is 0 Å². The van der Waals surface area contributed by atoms with E-state index in [1.54, 1.807) is 0 Å². The minimum atomic E-state index is 0.314. The number of thioether (sulfide) groups is 1. The van der Waals surface area contributed by atoms with Gasteiger partial charge in [-0.15, -0.1) is 0 Å². The second-order valence-corrected chi connectivity index (χ2v) is 5.81. The summed E-state index contributed by atoms with van der Waals surface area (Å²) in [7, 11) is 0. The maximum atomic E-state index is 11.8. The predicted octanol–water partition coefficient (Wildman–Crippen LogP) is 2.80. The Kier molecular flexibility index (Phi) is 4.51. The van der Waals surface area contributed by atoms with Crippen molar-refractivity contribution in [1.82, 2.24) is 0 Å². The summed E-state index contributed by atoms with van der Waals surface area (Å²) in [5.74, 6) is 1.64. The molecule has 0 aliphatic carbocycles. The number of ketones is 1. The molecule has 0 aromatic heterocycles. The molecular formula is C12H20O2S. The molecule has 2 aliphatic rings. The fourth-order valence-electron chi connectivity index (χ4n) is 2.33. The lowest BCUT2D eigenvalue weighted by atomic mass is 10.0. The van der Waals surface area contributed by atoms with Crippen LogP contribution >= 0.6 is 11.8 Å². The van der Waals surface area contributed by atoms with E-state index >= 15 is 0 Å². The number of hydrogen-bond acceptors (Lipinski definition) is 3. The standard InChI is InChI=1S/C12H20O2S/c13-11(12-5-3-9-15-12)7-6-10-4-1-2-8-14-10/h10,12H,1-9H2. The zero-order valence-corrected chi connectivity index (χ0v) is 10.1. The summed E-state index contributed by atoms with van der Waals surface area (Å²) < 4.78 is 5.63. The van der Waals surface area contributed by atoms with Gasteiger partial charge in [-0.2, -0.15) is 11.8 Å². The lowest BCUT2D eigenvalue weighted by molar-refractivity contribution is -0.119. The molecule has 0 N–H and O–H groups in total. The Hall–Kier alpha value is -0.0200. The van der Waals surface area contributed by atoms with Crippen LogP contribution in [0, 0.1) is 0 Å². The highest BCUT2D eigenvalue weighted by atomic mass is 32.2. The van der Waals surface area contributed by atoms with Gasteiger partial charge in [0.25, 0.3) is 0 Å². The molecule has 0 aromatic rings. The van der Waals surface area contributed by atoms with Gasteiger partial charge in [0.05, 0.1) is 11.4 Å². The quantitative estimate of drug-likeness (QED) is 0.740. The summed E-state index contributed by atoms with van der Waals surface area (Å²) in [6.07, 6.45) is 8.02. The number of hydrogen-bond donors (Lipinski definition) is 0. The van der Waals surface area contributed by atoms with E-state index in [4.69, 9.17) is 4.74 Å². The Labute approximate surface area is 96.1 Å². The SMILES string of the molecule is O=C(CCC1CCCCO1)C1CCCS1. The zero-order valence-electron chi connectivity index (χ0n) is 9.24. The third-order valence-corrected chi connectivity index (χ3v) is 4.70. The van der Waals surface area contributed by atoms with Crippen molar-refractivity contribution < 1.29 is 9.53 Å². The normalized spacial score (nSPS) is 31.7. The molecule has 2 rings (SSSR count). The third-order valence-electron chi connectivity index (χ3n) is 3.28. The number of Topliss-reactive ketones (excluding diaryl/α,β-unsaturated/α-hetero) is 1. The molecule has 2 fully saturated rings. The average molecular weight is 228 g/mol. The minimum absolute atomic E-state index is 0.314. The van der Waals surface area contributed by atoms with Crippen molar-refractivity contribution in [3.05, 3.63) is 0 Å². The van der Waals surface area contributed by atoms with Gasteiger partial charge in [-0.05, 0) is 44.3 Å². The molecule has 3 heteroatoms. The van der Waals surface area contributed by atoms with Gasteiger partial charge in [-0.3, -0.25) is 4.79 Å². The Morgan fingerprint density at radius 1 is 1.27 bits per heavy atom. The molecular weight excluding hydrogens is 208 g/mol. The van der Waals surface area contributed by atoms with Crippen LogP contribution in [0.5, 0.6) is 0 Å². The fourth-order valence-corrected chi connectivity index (χ4v) is 3.59. The van der Waals surface area contributed by atoms with Crippen molar-refractivity contribution in [2.45, 2.75) is 56.3 Å². The van der Waals surface area contributed by atoms with Gasteiger partial charge in [0, 0.05) is 13.0 Å². The highest BCUT2D eigenvalue weighted by Crippen LogP contribution is 2.28. The maximum absolute atomic E-state index is 11.8. The fraction of sp³-hybridized carbons (Fsp3) is 0.917. The highest BCUT2D eigenvalue weighted by Gasteiger charge is 2.24. The zero-order chi connectivity index (χ0) is 10.5. The van der Waals surface area contributed by atoms with Gasteiger partial charge < -0.3 is 4.74 Å². The molecule has 2 atom stereocenters. The van der Waals surface area contributed by atoms with Crippen LogP contribution in [-0.2, 0) is 9.53 Å². The molecule has 2 unspecified atom stereocenters. The van der Waals surface area contributed by atoms with Crippen LogP contribution in [0.3, 0.4) is 0 Å². The molecule has 86 valence electrons. The lowest BCUT2D eigenvalue weighted by Gasteiger charge is -2.22. The molecule has 2 heterocycles. The van der Waals surface area contributed by atoms with E-state index in [0.717, 1.165) is 32.3 Å². The monoisotopic (exact) mass is 228 g/mol. The molecule has 0 bridgehead atoms. The molecule has 0 radical (unpaired) electrons. The summed E-state index contributed by atoms with van der Waals surface area (Å²) >= 11 is 1.85. The first kappa shape index (κ1) is 11.5. The van der Waals surface area contributed by atoms with Crippen LogP contribution in [0.4, 0.5) is 0 Å². The predicted molar refractivity (Wildman–Crippen MR) is 63.3 cm³/mol. The van der Waals surface area contributed by atoms with Crippen molar-refractivity contribution in [2.75, 3.05) is 12.4 Å². The van der Waals surface area contributed by atoms with Crippen LogP contribution in [0.15, 0.2) is 0 Å². The minimum Gasteiger partial charge on any atom is -0.378 e. The van der Waals surface area contributed by atoms with Crippen molar-refractivity contribution >= 4 is 17.5 Å². The van der Waals surface area contributed by atoms with Crippen molar-refractivity contribution in [3.63, 3.8) is 0 Å². The summed E-state index contributed by atoms with van der Waals surface area (Å²) in [5.41, 5.74) is 0. The topological polar surface area (TPSA) is 26.3 Å². The lowest BCUT2D eigenvalue weighted by Crippen LogP contribution is -2.22. The molecule has 2 saturated heterocycles. The number of ether oxygens (including phenoxy) is 1. The Morgan fingerprint density at radius 2 is 2.20 bits per heavy atom. The maximum Gasteiger partial charge on any atom is 0.145 e. The molecule has 0 saturated carbocycles. The van der Waals surface area contributed by atoms with Gasteiger partial charge in [0.1, 0.15) is 5.78 Å². The van der Waals surface area contributed by atoms with Crippen LogP contribution in [0.25, 0.3) is 0 Å². The summed E-state index contributed by atoms with van der Waals surface area (Å²) in [4.78, 5) is 11.8. The van der Waals surface area contributed by atoms with Crippen LogP contribution in [-0.4, -0.2) is 29.5 Å². The van der Waals surface area contributed by atoms with E-state index in [-0.39, 0.29) is 0 Å². The third kappa shape index (κ3) is 3.49. The van der Waals surface area contributed by atoms with Crippen molar-refractivity contribution in [2.24, 2.45) is 0 Å². The number of rotatable bonds is 4. The summed E-state index contributed by atoms with van der Waals surface area (Å²) in [5, 5.41) is 0.314. The van der Waals surface area contributed by atoms with Gasteiger partial charge in [0.15, 0.2) is 0 Å². The van der Waals surface area contributed by atoms with Crippen LogP contribution in [0.1, 0.15) is 44.9 Å². The molecule has 2 aliphatic heterocycles. The second kappa shape index (κ2) is 5.90. The molecule has 0 amide bonds. The Morgan fingerprint density at radius 3 is 2.87 bits per heavy atom. The first-order valence-corrected chi connectivity index (χ1v) is 7.17. The van der Waals surface area contributed by atoms with Gasteiger partial charge in [0.2, 0.25) is 0 Å². The average Bonchev–Trinajstić information content (AvgIpc) is 2.81. The molecule has 15 heavy (non-hydrogen) atoms. The second-order valence-electron chi connectivity index (χ2n) is 4.50. The van der Waals surface area contributed by atoms with Crippen LogP contribution < -0.4 is 0 Å². The largest absolute Gasteiger partial charge is 0.378 e. The summed E-state index contributed by atoms with van der Waals surface area (Å²) in [6.45, 7) is 0.900.